The third-order valence-corrected chi connectivity index (χ3v) is 2.96. The van der Waals surface area contributed by atoms with Crippen molar-refractivity contribution in [1.29, 1.82) is 0 Å². The van der Waals surface area contributed by atoms with E-state index < -0.39 is 0 Å². The van der Waals surface area contributed by atoms with Crippen LogP contribution >= 0.6 is 0 Å². The Morgan fingerprint density at radius 2 is 2.08 bits per heavy atom. The minimum atomic E-state index is -0.267. The van der Waals surface area contributed by atoms with Crippen molar-refractivity contribution in [3.8, 4) is 0 Å². The summed E-state index contributed by atoms with van der Waals surface area (Å²) in [4.78, 5) is 13.9. The van der Waals surface area contributed by atoms with Gasteiger partial charge in [-0.05, 0) is 19.9 Å². The molecule has 73 valence electrons. The van der Waals surface area contributed by atoms with Gasteiger partial charge in [0, 0.05) is 26.2 Å². The molecule has 0 saturated carbocycles. The first-order valence-electron chi connectivity index (χ1n) is 4.90. The van der Waals surface area contributed by atoms with E-state index in [0.29, 0.717) is 0 Å². The molecule has 0 aromatic carbocycles. The number of hydrogen-bond donors (Lipinski definition) is 1. The standard InChI is InChI=1S/C9H16N3O/c1-9(2-3-11-9)8(13)12-6-4-10-5-7-12/h11H,2-7H2,1H3/t9-/m1/s1. The number of amides is 1. The Kier molecular flexibility index (Phi) is 2.26. The van der Waals surface area contributed by atoms with E-state index in [4.69, 9.17) is 0 Å². The fraction of sp³-hybridized carbons (Fsp3) is 0.889. The summed E-state index contributed by atoms with van der Waals surface area (Å²) in [5.41, 5.74) is -0.267. The Labute approximate surface area is 78.7 Å². The van der Waals surface area contributed by atoms with Crippen molar-refractivity contribution in [1.82, 2.24) is 15.5 Å². The van der Waals surface area contributed by atoms with Gasteiger partial charge in [-0.3, -0.25) is 4.79 Å². The maximum absolute atomic E-state index is 11.9. The zero-order valence-corrected chi connectivity index (χ0v) is 8.05. The largest absolute Gasteiger partial charge is 0.338 e. The Hall–Kier alpha value is -0.610. The van der Waals surface area contributed by atoms with Crippen LogP contribution in [0.5, 0.6) is 0 Å². The summed E-state index contributed by atoms with van der Waals surface area (Å²) in [5.74, 6) is 0.258. The third kappa shape index (κ3) is 1.56. The van der Waals surface area contributed by atoms with Crippen molar-refractivity contribution in [2.75, 3.05) is 32.7 Å². The van der Waals surface area contributed by atoms with Crippen molar-refractivity contribution in [3.05, 3.63) is 0 Å². The van der Waals surface area contributed by atoms with E-state index in [1.807, 2.05) is 11.8 Å². The van der Waals surface area contributed by atoms with Crippen LogP contribution in [0.15, 0.2) is 0 Å². The molecular formula is C9H16N3O. The topological polar surface area (TPSA) is 46.4 Å². The molecule has 0 aliphatic carbocycles. The number of piperazine rings is 1. The van der Waals surface area contributed by atoms with Crippen LogP contribution in [0.1, 0.15) is 13.3 Å². The van der Waals surface area contributed by atoms with Gasteiger partial charge in [0.1, 0.15) is 0 Å². The van der Waals surface area contributed by atoms with Gasteiger partial charge in [-0.1, -0.05) is 0 Å². The van der Waals surface area contributed by atoms with Gasteiger partial charge in [0.25, 0.3) is 0 Å². The van der Waals surface area contributed by atoms with Crippen LogP contribution in [0.3, 0.4) is 0 Å². The fourth-order valence-electron chi connectivity index (χ4n) is 1.84. The van der Waals surface area contributed by atoms with Crippen molar-refractivity contribution in [3.63, 3.8) is 0 Å². The second-order valence-corrected chi connectivity index (χ2v) is 3.97. The lowest BCUT2D eigenvalue weighted by molar-refractivity contribution is -0.141. The molecule has 2 heterocycles. The number of rotatable bonds is 1. The fourth-order valence-corrected chi connectivity index (χ4v) is 1.84. The summed E-state index contributed by atoms with van der Waals surface area (Å²) in [7, 11) is 0. The molecule has 13 heavy (non-hydrogen) atoms. The lowest BCUT2D eigenvalue weighted by Crippen LogP contribution is -2.65. The van der Waals surface area contributed by atoms with Crippen LogP contribution in [-0.2, 0) is 4.79 Å². The summed E-state index contributed by atoms with van der Waals surface area (Å²) in [6.45, 7) is 6.18. The molecule has 2 rings (SSSR count). The lowest BCUT2D eigenvalue weighted by atomic mass is 9.88. The highest BCUT2D eigenvalue weighted by Crippen LogP contribution is 2.20. The van der Waals surface area contributed by atoms with Crippen LogP contribution in [0.2, 0.25) is 0 Å². The van der Waals surface area contributed by atoms with Crippen molar-refractivity contribution < 1.29 is 4.79 Å². The van der Waals surface area contributed by atoms with Gasteiger partial charge in [-0.25, -0.2) is 5.32 Å². The second kappa shape index (κ2) is 3.27. The Balaban J connectivity index is 1.95. The second-order valence-electron chi connectivity index (χ2n) is 3.97. The zero-order valence-electron chi connectivity index (χ0n) is 8.05. The van der Waals surface area contributed by atoms with E-state index in [0.717, 1.165) is 39.1 Å². The SMILES string of the molecule is C[C@]1(C(=O)N2CC[N]CC2)CCN1. The van der Waals surface area contributed by atoms with E-state index in [9.17, 15) is 4.79 Å². The lowest BCUT2D eigenvalue weighted by Gasteiger charge is -2.42. The highest BCUT2D eigenvalue weighted by molar-refractivity contribution is 5.87. The van der Waals surface area contributed by atoms with E-state index in [1.54, 1.807) is 0 Å². The van der Waals surface area contributed by atoms with Gasteiger partial charge in [0.05, 0.1) is 5.54 Å². The Morgan fingerprint density at radius 1 is 1.46 bits per heavy atom. The summed E-state index contributed by atoms with van der Waals surface area (Å²) < 4.78 is 0. The summed E-state index contributed by atoms with van der Waals surface area (Å²) >= 11 is 0. The highest BCUT2D eigenvalue weighted by Gasteiger charge is 2.41. The Bertz CT molecular complexity index is 207. The molecule has 0 spiro atoms. The monoisotopic (exact) mass is 182 g/mol. The molecule has 2 saturated heterocycles. The van der Waals surface area contributed by atoms with E-state index in [2.05, 4.69) is 10.6 Å². The molecule has 2 fully saturated rings. The molecule has 1 amide bonds. The molecule has 0 unspecified atom stereocenters. The van der Waals surface area contributed by atoms with Crippen LogP contribution in [0.4, 0.5) is 0 Å². The van der Waals surface area contributed by atoms with Crippen LogP contribution in [0.25, 0.3) is 0 Å². The predicted octanol–water partition coefficient (Wildman–Crippen LogP) is -0.815. The molecule has 0 bridgehead atoms. The van der Waals surface area contributed by atoms with Crippen molar-refractivity contribution in [2.24, 2.45) is 0 Å². The van der Waals surface area contributed by atoms with E-state index >= 15 is 0 Å². The number of nitrogens with one attached hydrogen (secondary N) is 1. The molecule has 4 heteroatoms. The molecule has 0 aromatic rings. The predicted molar refractivity (Wildman–Crippen MR) is 49.5 cm³/mol. The summed E-state index contributed by atoms with van der Waals surface area (Å²) in [6.07, 6.45) is 0.972. The van der Waals surface area contributed by atoms with Crippen molar-refractivity contribution in [2.45, 2.75) is 18.9 Å². The number of hydrogen-bond acceptors (Lipinski definition) is 2. The quantitative estimate of drug-likeness (QED) is 0.576. The van der Waals surface area contributed by atoms with E-state index in [-0.39, 0.29) is 11.4 Å². The molecule has 0 aromatic heterocycles. The van der Waals surface area contributed by atoms with Gasteiger partial charge >= 0.3 is 0 Å². The Morgan fingerprint density at radius 3 is 2.54 bits per heavy atom. The minimum Gasteiger partial charge on any atom is -0.338 e. The molecule has 2 aliphatic rings. The molecule has 1 atom stereocenters. The maximum atomic E-state index is 11.9. The average Bonchev–Trinajstić information content (AvgIpc) is 2.14. The highest BCUT2D eigenvalue weighted by atomic mass is 16.2. The summed E-state index contributed by atoms with van der Waals surface area (Å²) in [5, 5.41) is 7.42. The first kappa shape index (κ1) is 8.97. The van der Waals surface area contributed by atoms with Gasteiger partial charge in [0.15, 0.2) is 0 Å². The maximum Gasteiger partial charge on any atom is 0.242 e. The van der Waals surface area contributed by atoms with Gasteiger partial charge in [-0.2, -0.15) is 0 Å². The van der Waals surface area contributed by atoms with Gasteiger partial charge in [0.2, 0.25) is 5.91 Å². The molecule has 1 N–H and O–H groups in total. The normalized spacial score (nSPS) is 34.1. The van der Waals surface area contributed by atoms with Gasteiger partial charge in [-0.15, -0.1) is 0 Å². The first-order chi connectivity index (χ1) is 6.22. The van der Waals surface area contributed by atoms with Crippen molar-refractivity contribution >= 4 is 5.91 Å². The minimum absolute atomic E-state index is 0.258. The molecule has 1 radical (unpaired) electrons. The van der Waals surface area contributed by atoms with Crippen LogP contribution in [-0.4, -0.2) is 49.1 Å². The zero-order chi connectivity index (χ0) is 9.31. The van der Waals surface area contributed by atoms with E-state index in [1.165, 1.54) is 0 Å². The number of nitrogens with zero attached hydrogens (tertiary/aromatic N) is 2. The first-order valence-corrected chi connectivity index (χ1v) is 4.90. The van der Waals surface area contributed by atoms with Crippen LogP contribution in [0, 0.1) is 0 Å². The van der Waals surface area contributed by atoms with Crippen LogP contribution < -0.4 is 10.6 Å². The van der Waals surface area contributed by atoms with Gasteiger partial charge < -0.3 is 10.2 Å². The smallest absolute Gasteiger partial charge is 0.242 e. The molecular weight excluding hydrogens is 166 g/mol. The molecule has 4 nitrogen and oxygen atoms in total. The average molecular weight is 182 g/mol. The summed E-state index contributed by atoms with van der Waals surface area (Å²) in [6, 6.07) is 0. The third-order valence-electron chi connectivity index (χ3n) is 2.96. The number of carbonyl (C=O) groups is 1. The molecule has 2 aliphatic heterocycles. The number of carbonyl (C=O) groups excluding carboxylic acids is 1.